The number of aromatic carboxylic acids is 1. The number of nitrogens with zero attached hydrogens (tertiary/aromatic N) is 4. The van der Waals surface area contributed by atoms with Gasteiger partial charge >= 0.3 is 5.97 Å². The molecule has 2 aromatic carbocycles. The number of carbonyl (C=O) groups is 1. The minimum Gasteiger partial charge on any atom is -0.478 e. The average Bonchev–Trinajstić information content (AvgIpc) is 3.37. The lowest BCUT2D eigenvalue weighted by molar-refractivity contribution is 0.0695. The van der Waals surface area contributed by atoms with E-state index in [-0.39, 0.29) is 0 Å². The third kappa shape index (κ3) is 3.03. The minimum absolute atomic E-state index is 0.293. The zero-order valence-electron chi connectivity index (χ0n) is 17.7. The smallest absolute Gasteiger partial charge is 0.336 e. The molecule has 0 atom stereocenters. The highest BCUT2D eigenvalue weighted by atomic mass is 16.4. The van der Waals surface area contributed by atoms with E-state index in [0.717, 1.165) is 44.7 Å². The van der Waals surface area contributed by atoms with Crippen molar-refractivity contribution in [2.24, 2.45) is 7.05 Å². The number of terminal acetylenes is 1. The quantitative estimate of drug-likeness (QED) is 0.492. The van der Waals surface area contributed by atoms with E-state index in [2.05, 4.69) is 15.8 Å². The summed E-state index contributed by atoms with van der Waals surface area (Å²) in [5, 5.41) is 15.4. The van der Waals surface area contributed by atoms with Gasteiger partial charge in [-0.05, 0) is 47.5 Å². The second kappa shape index (κ2) is 7.40. The van der Waals surface area contributed by atoms with Crippen LogP contribution in [0.25, 0.3) is 22.6 Å². The molecule has 0 saturated heterocycles. The van der Waals surface area contributed by atoms with Crippen molar-refractivity contribution in [3.8, 4) is 12.3 Å². The molecule has 6 nitrogen and oxygen atoms in total. The number of fused-ring (bicyclic) bond motifs is 2. The van der Waals surface area contributed by atoms with Gasteiger partial charge in [0.25, 0.3) is 0 Å². The van der Waals surface area contributed by atoms with Crippen LogP contribution in [-0.4, -0.2) is 32.9 Å². The molecule has 2 aromatic heterocycles. The fourth-order valence-corrected chi connectivity index (χ4v) is 4.37. The lowest BCUT2D eigenvalue weighted by Crippen LogP contribution is -2.10. The van der Waals surface area contributed by atoms with Crippen LogP contribution in [-0.2, 0) is 13.5 Å². The van der Waals surface area contributed by atoms with Crippen molar-refractivity contribution in [2.45, 2.75) is 6.42 Å². The maximum Gasteiger partial charge on any atom is 0.336 e. The van der Waals surface area contributed by atoms with Crippen molar-refractivity contribution >= 4 is 39.9 Å². The third-order valence-corrected chi connectivity index (χ3v) is 5.91. The second-order valence-electron chi connectivity index (χ2n) is 7.77. The van der Waals surface area contributed by atoms with E-state index in [4.69, 9.17) is 11.5 Å². The summed E-state index contributed by atoms with van der Waals surface area (Å²) < 4.78 is 1.86. The molecule has 0 amide bonds. The van der Waals surface area contributed by atoms with Gasteiger partial charge in [0.1, 0.15) is 5.52 Å². The Labute approximate surface area is 185 Å². The maximum atomic E-state index is 11.6. The van der Waals surface area contributed by atoms with Crippen molar-refractivity contribution in [3.63, 3.8) is 0 Å². The molecule has 0 bridgehead atoms. The summed E-state index contributed by atoms with van der Waals surface area (Å²) in [5.41, 5.74) is 7.31. The minimum atomic E-state index is -0.939. The number of aromatic nitrogens is 3. The highest BCUT2D eigenvalue weighted by molar-refractivity contribution is 6.04. The fraction of sp³-hybridized carbons (Fsp3) is 0.115. The van der Waals surface area contributed by atoms with Crippen molar-refractivity contribution in [3.05, 3.63) is 82.8 Å². The first-order chi connectivity index (χ1) is 15.5. The SMILES string of the molecule is C#Cc1cccc(N(C)c2cccc3c(C4=Cc5nccc(C(=O)O)c5C4)n(C)nc23)c1. The second-order valence-corrected chi connectivity index (χ2v) is 7.77. The summed E-state index contributed by atoms with van der Waals surface area (Å²) in [6, 6.07) is 15.5. The summed E-state index contributed by atoms with van der Waals surface area (Å²) in [6.45, 7) is 0. The van der Waals surface area contributed by atoms with Crippen molar-refractivity contribution in [1.29, 1.82) is 0 Å². The Morgan fingerprint density at radius 2 is 2.03 bits per heavy atom. The normalized spacial score (nSPS) is 12.3. The highest BCUT2D eigenvalue weighted by Gasteiger charge is 2.25. The van der Waals surface area contributed by atoms with Crippen molar-refractivity contribution < 1.29 is 9.90 Å². The Morgan fingerprint density at radius 3 is 2.81 bits per heavy atom. The molecule has 1 aliphatic rings. The summed E-state index contributed by atoms with van der Waals surface area (Å²) in [5.74, 6) is 1.74. The number of hydrogen-bond acceptors (Lipinski definition) is 4. The number of pyridine rings is 1. The molecule has 1 aliphatic carbocycles. The van der Waals surface area contributed by atoms with E-state index in [1.165, 1.54) is 0 Å². The Hall–Kier alpha value is -4.37. The predicted molar refractivity (Wildman–Crippen MR) is 126 cm³/mol. The van der Waals surface area contributed by atoms with Crippen LogP contribution in [0.5, 0.6) is 0 Å². The van der Waals surface area contributed by atoms with Gasteiger partial charge in [-0.1, -0.05) is 24.1 Å². The van der Waals surface area contributed by atoms with Crippen LogP contribution in [0.15, 0.2) is 54.7 Å². The van der Waals surface area contributed by atoms with Crippen LogP contribution < -0.4 is 4.90 Å². The monoisotopic (exact) mass is 420 g/mol. The molecule has 4 aromatic rings. The Morgan fingerprint density at radius 1 is 1.22 bits per heavy atom. The third-order valence-electron chi connectivity index (χ3n) is 5.91. The van der Waals surface area contributed by atoms with Gasteiger partial charge < -0.3 is 10.0 Å². The molecule has 0 fully saturated rings. The van der Waals surface area contributed by atoms with E-state index in [9.17, 15) is 9.90 Å². The number of rotatable bonds is 4. The number of carboxylic acids is 1. The molecule has 1 N–H and O–H groups in total. The van der Waals surface area contributed by atoms with Gasteiger partial charge in [0.2, 0.25) is 0 Å². The number of carboxylic acid groups (broad SMARTS) is 1. The summed E-state index contributed by atoms with van der Waals surface area (Å²) >= 11 is 0. The highest BCUT2D eigenvalue weighted by Crippen LogP contribution is 2.38. The Kier molecular flexibility index (Phi) is 4.53. The molecular weight excluding hydrogens is 400 g/mol. The summed E-state index contributed by atoms with van der Waals surface area (Å²) in [6.07, 6.45) is 9.58. The Bertz CT molecular complexity index is 1470. The first-order valence-corrected chi connectivity index (χ1v) is 10.2. The molecule has 0 aliphatic heterocycles. The van der Waals surface area contributed by atoms with Crippen LogP contribution in [0.2, 0.25) is 0 Å². The standard InChI is InChI=1S/C26H20N4O2/c1-4-16-7-5-8-18(13-16)29(2)23-10-6-9-20-24(23)28-30(3)25(20)17-14-21-19(26(31)32)11-12-27-22(21)15-17/h1,5-13,15H,14H2,2-3H3,(H,31,32). The molecule has 32 heavy (non-hydrogen) atoms. The van der Waals surface area contributed by atoms with E-state index < -0.39 is 5.97 Å². The maximum absolute atomic E-state index is 11.6. The molecule has 2 heterocycles. The number of benzene rings is 2. The predicted octanol–water partition coefficient (Wildman–Crippen LogP) is 4.51. The summed E-state index contributed by atoms with van der Waals surface area (Å²) in [4.78, 5) is 18.1. The van der Waals surface area contributed by atoms with Gasteiger partial charge in [-0.2, -0.15) is 5.10 Å². The fourth-order valence-electron chi connectivity index (χ4n) is 4.37. The molecule has 5 rings (SSSR count). The lowest BCUT2D eigenvalue weighted by Gasteiger charge is -2.20. The van der Waals surface area contributed by atoms with E-state index in [1.807, 2.05) is 67.3 Å². The zero-order valence-corrected chi connectivity index (χ0v) is 17.7. The van der Waals surface area contributed by atoms with Gasteiger partial charge in [0, 0.05) is 43.4 Å². The van der Waals surface area contributed by atoms with Gasteiger partial charge in [-0.3, -0.25) is 9.67 Å². The van der Waals surface area contributed by atoms with Crippen LogP contribution in [0, 0.1) is 12.3 Å². The number of anilines is 2. The molecule has 156 valence electrons. The molecule has 0 saturated carbocycles. The summed E-state index contributed by atoms with van der Waals surface area (Å²) in [7, 11) is 3.90. The Balaban J connectivity index is 1.60. The van der Waals surface area contributed by atoms with Crippen LogP contribution in [0.3, 0.4) is 0 Å². The molecule has 0 unspecified atom stereocenters. The molecule has 0 radical (unpaired) electrons. The molecule has 6 heteroatoms. The van der Waals surface area contributed by atoms with E-state index >= 15 is 0 Å². The van der Waals surface area contributed by atoms with Gasteiger partial charge in [-0.25, -0.2) is 4.79 Å². The number of allylic oxidation sites excluding steroid dienone is 1. The van der Waals surface area contributed by atoms with Crippen LogP contribution in [0.4, 0.5) is 11.4 Å². The van der Waals surface area contributed by atoms with E-state index in [0.29, 0.717) is 17.7 Å². The van der Waals surface area contributed by atoms with Gasteiger partial charge in [0.05, 0.1) is 22.6 Å². The van der Waals surface area contributed by atoms with Crippen molar-refractivity contribution in [1.82, 2.24) is 14.8 Å². The first kappa shape index (κ1) is 19.6. The number of aryl methyl sites for hydroxylation is 1. The van der Waals surface area contributed by atoms with Gasteiger partial charge in [0.15, 0.2) is 0 Å². The molecule has 0 spiro atoms. The number of hydrogen-bond donors (Lipinski definition) is 1. The zero-order chi connectivity index (χ0) is 22.4. The topological polar surface area (TPSA) is 71.2 Å². The average molecular weight is 420 g/mol. The van der Waals surface area contributed by atoms with E-state index in [1.54, 1.807) is 12.3 Å². The molecular formula is C26H20N4O2. The lowest BCUT2D eigenvalue weighted by atomic mass is 10.0. The van der Waals surface area contributed by atoms with Gasteiger partial charge in [-0.15, -0.1) is 6.42 Å². The van der Waals surface area contributed by atoms with Crippen LogP contribution in [0.1, 0.15) is 32.9 Å². The van der Waals surface area contributed by atoms with Crippen molar-refractivity contribution in [2.75, 3.05) is 11.9 Å². The van der Waals surface area contributed by atoms with Crippen LogP contribution >= 0.6 is 0 Å². The largest absolute Gasteiger partial charge is 0.478 e. The first-order valence-electron chi connectivity index (χ1n) is 10.2.